The first-order chi connectivity index (χ1) is 18.0. The highest BCUT2D eigenvalue weighted by atomic mass is 16.2. The summed E-state index contributed by atoms with van der Waals surface area (Å²) in [6.45, 7) is 0.286. The maximum Gasteiger partial charge on any atom is 0.238 e. The smallest absolute Gasteiger partial charge is 0.238 e. The average molecular weight is 490 g/mol. The highest BCUT2D eigenvalue weighted by Crippen LogP contribution is 2.33. The molecular weight excluding hydrogens is 466 g/mol. The van der Waals surface area contributed by atoms with Gasteiger partial charge in [0.05, 0.1) is 35.3 Å². The monoisotopic (exact) mass is 489 g/mol. The van der Waals surface area contributed by atoms with Gasteiger partial charge in [0.15, 0.2) is 0 Å². The lowest BCUT2D eigenvalue weighted by atomic mass is 10.1. The number of anilines is 1. The highest BCUT2D eigenvalue weighted by molar-refractivity contribution is 5.99. The van der Waals surface area contributed by atoms with Crippen LogP contribution in [0.25, 0.3) is 55.8 Å². The van der Waals surface area contributed by atoms with Crippen LogP contribution in [0.4, 0.5) is 5.69 Å². The first-order valence-electron chi connectivity index (χ1n) is 11.7. The first kappa shape index (κ1) is 22.5. The van der Waals surface area contributed by atoms with Crippen LogP contribution in [0.15, 0.2) is 73.4 Å². The zero-order valence-corrected chi connectivity index (χ0v) is 20.2. The molecule has 37 heavy (non-hydrogen) atoms. The zero-order valence-electron chi connectivity index (χ0n) is 20.2. The molecule has 0 atom stereocenters. The standard InChI is InChI=1S/C27H23N9O/c1-36(2)15-24(37)31-18-10-17(13-29-14-18)21-5-6-22-25(32-21)26(35-34-22)23-11-20-19(7-9-30-27(20)33-23)16-4-3-8-28-12-16/h3-14H,15H2,1-2H3,(H,30,33)(H,31,37)(H,34,35). The Hall–Kier alpha value is -4.96. The quantitative estimate of drug-likeness (QED) is 0.321. The Bertz CT molecular complexity index is 1740. The number of amides is 1. The van der Waals surface area contributed by atoms with Crippen molar-refractivity contribution in [1.29, 1.82) is 0 Å². The van der Waals surface area contributed by atoms with Gasteiger partial charge in [-0.3, -0.25) is 19.9 Å². The van der Waals surface area contributed by atoms with Crippen molar-refractivity contribution < 1.29 is 4.79 Å². The van der Waals surface area contributed by atoms with Gasteiger partial charge in [0.1, 0.15) is 16.9 Å². The Kier molecular flexibility index (Phi) is 5.62. The number of likely N-dealkylation sites (N-methyl/N-ethyl adjacent to an activating group) is 1. The van der Waals surface area contributed by atoms with Crippen molar-refractivity contribution in [3.05, 3.63) is 73.4 Å². The van der Waals surface area contributed by atoms with E-state index >= 15 is 0 Å². The number of hydrogen-bond donors (Lipinski definition) is 3. The topological polar surface area (TPSA) is 128 Å². The lowest BCUT2D eigenvalue weighted by Crippen LogP contribution is -2.27. The van der Waals surface area contributed by atoms with Crippen LogP contribution in [0, 0.1) is 0 Å². The number of H-pyrrole nitrogens is 2. The molecule has 0 aromatic carbocycles. The molecule has 1 amide bonds. The van der Waals surface area contributed by atoms with Crippen LogP contribution in [-0.2, 0) is 4.79 Å². The summed E-state index contributed by atoms with van der Waals surface area (Å²) in [5, 5.41) is 11.5. The van der Waals surface area contributed by atoms with E-state index < -0.39 is 0 Å². The predicted molar refractivity (Wildman–Crippen MR) is 143 cm³/mol. The summed E-state index contributed by atoms with van der Waals surface area (Å²) in [5.41, 5.74) is 7.94. The second-order valence-corrected chi connectivity index (χ2v) is 8.96. The van der Waals surface area contributed by atoms with Crippen molar-refractivity contribution in [3.8, 4) is 33.8 Å². The number of pyridine rings is 4. The zero-order chi connectivity index (χ0) is 25.4. The van der Waals surface area contributed by atoms with Crippen molar-refractivity contribution in [2.75, 3.05) is 26.0 Å². The van der Waals surface area contributed by atoms with E-state index in [1.807, 2.05) is 67.7 Å². The number of aromatic nitrogens is 7. The van der Waals surface area contributed by atoms with Crippen LogP contribution < -0.4 is 5.32 Å². The van der Waals surface area contributed by atoms with Gasteiger partial charge < -0.3 is 15.2 Å². The number of carbonyl (C=O) groups is 1. The van der Waals surface area contributed by atoms with Gasteiger partial charge in [0.25, 0.3) is 0 Å². The van der Waals surface area contributed by atoms with E-state index in [-0.39, 0.29) is 12.5 Å². The summed E-state index contributed by atoms with van der Waals surface area (Å²) in [6.07, 6.45) is 8.72. The molecule has 6 aromatic rings. The van der Waals surface area contributed by atoms with Crippen molar-refractivity contribution in [2.45, 2.75) is 0 Å². The van der Waals surface area contributed by atoms with Crippen LogP contribution >= 0.6 is 0 Å². The van der Waals surface area contributed by atoms with Crippen molar-refractivity contribution in [1.82, 2.24) is 40.0 Å². The number of aromatic amines is 2. The molecule has 0 fully saturated rings. The average Bonchev–Trinajstić information content (AvgIpc) is 3.52. The van der Waals surface area contributed by atoms with Gasteiger partial charge in [0.2, 0.25) is 5.91 Å². The molecular formula is C27H23N9O. The first-order valence-corrected chi connectivity index (χ1v) is 11.7. The molecule has 10 heteroatoms. The molecule has 0 radical (unpaired) electrons. The SMILES string of the molecule is CN(C)CC(=O)Nc1cncc(-c2ccc3[nH]nc(-c4cc5c(-c6cccnc6)ccnc5[nH]4)c3n2)c1. The predicted octanol–water partition coefficient (Wildman–Crippen LogP) is 4.13. The van der Waals surface area contributed by atoms with Gasteiger partial charge >= 0.3 is 0 Å². The molecule has 0 spiro atoms. The molecule has 10 nitrogen and oxygen atoms in total. The van der Waals surface area contributed by atoms with Crippen LogP contribution in [0.5, 0.6) is 0 Å². The third-order valence-electron chi connectivity index (χ3n) is 5.94. The minimum absolute atomic E-state index is 0.109. The number of fused-ring (bicyclic) bond motifs is 2. The molecule has 0 saturated heterocycles. The Balaban J connectivity index is 1.38. The van der Waals surface area contributed by atoms with Gasteiger partial charge in [-0.2, -0.15) is 5.10 Å². The lowest BCUT2D eigenvalue weighted by Gasteiger charge is -2.10. The van der Waals surface area contributed by atoms with Crippen LogP contribution in [0.3, 0.4) is 0 Å². The molecule has 0 aliphatic carbocycles. The van der Waals surface area contributed by atoms with E-state index in [9.17, 15) is 4.79 Å². The fourth-order valence-corrected chi connectivity index (χ4v) is 4.31. The molecule has 6 heterocycles. The summed E-state index contributed by atoms with van der Waals surface area (Å²) < 4.78 is 0. The highest BCUT2D eigenvalue weighted by Gasteiger charge is 2.16. The number of carbonyl (C=O) groups excluding carboxylic acids is 1. The van der Waals surface area contributed by atoms with E-state index in [0.29, 0.717) is 16.9 Å². The number of hydrogen-bond acceptors (Lipinski definition) is 7. The molecule has 0 aliphatic rings. The van der Waals surface area contributed by atoms with Crippen molar-refractivity contribution >= 4 is 33.7 Å². The molecule has 0 unspecified atom stereocenters. The number of nitrogens with one attached hydrogen (secondary N) is 3. The number of rotatable bonds is 6. The maximum atomic E-state index is 12.2. The van der Waals surface area contributed by atoms with Crippen LogP contribution in [0.2, 0.25) is 0 Å². The summed E-state index contributed by atoms with van der Waals surface area (Å²) in [7, 11) is 3.69. The van der Waals surface area contributed by atoms with Gasteiger partial charge in [0, 0.05) is 41.3 Å². The lowest BCUT2D eigenvalue weighted by molar-refractivity contribution is -0.116. The van der Waals surface area contributed by atoms with Gasteiger partial charge in [-0.25, -0.2) is 9.97 Å². The molecule has 6 rings (SSSR count). The van der Waals surface area contributed by atoms with Crippen LogP contribution in [0.1, 0.15) is 0 Å². The molecule has 182 valence electrons. The number of nitrogens with zero attached hydrogens (tertiary/aromatic N) is 6. The van der Waals surface area contributed by atoms with E-state index in [4.69, 9.17) is 4.98 Å². The third kappa shape index (κ3) is 4.41. The van der Waals surface area contributed by atoms with Crippen molar-refractivity contribution in [3.63, 3.8) is 0 Å². The molecule has 0 bridgehead atoms. The maximum absolute atomic E-state index is 12.2. The van der Waals surface area contributed by atoms with E-state index in [1.165, 1.54) is 0 Å². The van der Waals surface area contributed by atoms with E-state index in [1.54, 1.807) is 24.8 Å². The van der Waals surface area contributed by atoms with Gasteiger partial charge in [-0.05, 0) is 56.1 Å². The van der Waals surface area contributed by atoms with Crippen LogP contribution in [-0.4, -0.2) is 66.6 Å². The summed E-state index contributed by atoms with van der Waals surface area (Å²) >= 11 is 0. The molecule has 0 saturated carbocycles. The Morgan fingerprint density at radius 1 is 1.00 bits per heavy atom. The molecule has 3 N–H and O–H groups in total. The molecule has 6 aromatic heterocycles. The third-order valence-corrected chi connectivity index (χ3v) is 5.94. The van der Waals surface area contributed by atoms with E-state index in [0.717, 1.165) is 44.6 Å². The summed E-state index contributed by atoms with van der Waals surface area (Å²) in [6, 6.07) is 13.7. The minimum atomic E-state index is -0.109. The van der Waals surface area contributed by atoms with Crippen molar-refractivity contribution in [2.24, 2.45) is 0 Å². The van der Waals surface area contributed by atoms with Gasteiger partial charge in [-0.1, -0.05) is 6.07 Å². The normalized spacial score (nSPS) is 11.4. The summed E-state index contributed by atoms with van der Waals surface area (Å²) in [5.74, 6) is -0.109. The Morgan fingerprint density at radius 2 is 1.89 bits per heavy atom. The fraction of sp³-hybridized carbons (Fsp3) is 0.111. The second-order valence-electron chi connectivity index (χ2n) is 8.96. The summed E-state index contributed by atoms with van der Waals surface area (Å²) in [4.78, 5) is 35.3. The van der Waals surface area contributed by atoms with E-state index in [2.05, 4.69) is 35.5 Å². The minimum Gasteiger partial charge on any atom is -0.338 e. The molecule has 0 aliphatic heterocycles. The Labute approximate surface area is 211 Å². The fourth-order valence-electron chi connectivity index (χ4n) is 4.31. The second kappa shape index (κ2) is 9.25. The Morgan fingerprint density at radius 3 is 2.73 bits per heavy atom. The largest absolute Gasteiger partial charge is 0.338 e. The van der Waals surface area contributed by atoms with Gasteiger partial charge in [-0.15, -0.1) is 0 Å².